The number of likely N-dealkylation sites (N-methyl/N-ethyl adjacent to an activating group) is 1. The van der Waals surface area contributed by atoms with Crippen molar-refractivity contribution in [2.45, 2.75) is 27.2 Å². The largest absolute Gasteiger partial charge is 0.376 e. The van der Waals surface area contributed by atoms with Gasteiger partial charge in [0.2, 0.25) is 0 Å². The lowest BCUT2D eigenvalue weighted by molar-refractivity contribution is -0.122. The minimum Gasteiger partial charge on any atom is -0.376 e. The van der Waals surface area contributed by atoms with Crippen LogP contribution in [-0.4, -0.2) is 39.7 Å². The molecule has 2 heterocycles. The zero-order valence-electron chi connectivity index (χ0n) is 11.2. The summed E-state index contributed by atoms with van der Waals surface area (Å²) in [7, 11) is 0. The monoisotopic (exact) mass is 284 g/mol. The van der Waals surface area contributed by atoms with Crippen molar-refractivity contribution in [3.8, 4) is 0 Å². The first-order chi connectivity index (χ1) is 8.51. The molecule has 2 unspecified atom stereocenters. The highest BCUT2D eigenvalue weighted by atomic mass is 32.2. The minimum atomic E-state index is 0.0679. The number of nitrogens with zero attached hydrogens (tertiary/aromatic N) is 2. The van der Waals surface area contributed by atoms with Crippen molar-refractivity contribution in [2.24, 2.45) is 11.8 Å². The zero-order chi connectivity index (χ0) is 13.3. The molecule has 2 fully saturated rings. The number of carbonyl (C=O) groups excluding carboxylic acids is 1. The number of amides is 1. The van der Waals surface area contributed by atoms with E-state index in [0.29, 0.717) is 22.7 Å². The Morgan fingerprint density at radius 1 is 1.39 bits per heavy atom. The van der Waals surface area contributed by atoms with Crippen molar-refractivity contribution in [3.63, 3.8) is 0 Å². The fourth-order valence-electron chi connectivity index (χ4n) is 2.75. The minimum absolute atomic E-state index is 0.0679. The van der Waals surface area contributed by atoms with E-state index in [1.807, 2.05) is 13.1 Å². The highest BCUT2D eigenvalue weighted by Crippen LogP contribution is 2.32. The third-order valence-electron chi connectivity index (χ3n) is 3.39. The van der Waals surface area contributed by atoms with Crippen LogP contribution in [0.5, 0.6) is 0 Å². The lowest BCUT2D eigenvalue weighted by Gasteiger charge is -2.34. The molecule has 0 aromatic heterocycles. The van der Waals surface area contributed by atoms with Gasteiger partial charge < -0.3 is 4.90 Å². The van der Waals surface area contributed by atoms with E-state index in [2.05, 4.69) is 18.7 Å². The van der Waals surface area contributed by atoms with Crippen molar-refractivity contribution in [1.29, 1.82) is 0 Å². The second kappa shape index (κ2) is 5.61. The van der Waals surface area contributed by atoms with E-state index in [1.165, 1.54) is 18.2 Å². The van der Waals surface area contributed by atoms with E-state index in [-0.39, 0.29) is 5.91 Å². The molecule has 2 atom stereocenters. The van der Waals surface area contributed by atoms with Crippen molar-refractivity contribution in [3.05, 3.63) is 11.1 Å². The van der Waals surface area contributed by atoms with Crippen molar-refractivity contribution >= 4 is 34.2 Å². The molecule has 2 aliphatic heterocycles. The number of rotatable bonds is 2. The Balaban J connectivity index is 2.09. The van der Waals surface area contributed by atoms with E-state index < -0.39 is 0 Å². The lowest BCUT2D eigenvalue weighted by Crippen LogP contribution is -2.35. The molecule has 3 nitrogen and oxygen atoms in total. The molecule has 0 aromatic carbocycles. The molecule has 0 aliphatic carbocycles. The summed E-state index contributed by atoms with van der Waals surface area (Å²) in [5.41, 5.74) is 0. The standard InChI is InChI=1S/C13H20N2OS2/c1-4-15-12(16)11(18-13(15)17)8-14-6-9(2)5-10(3)7-14/h8-10H,4-7H2,1-3H3/b11-8+. The average molecular weight is 284 g/mol. The lowest BCUT2D eigenvalue weighted by atomic mass is 9.92. The first-order valence-corrected chi connectivity index (χ1v) is 7.73. The Hall–Kier alpha value is -0.550. The summed E-state index contributed by atoms with van der Waals surface area (Å²) in [5, 5.41) is 0. The molecule has 0 aromatic rings. The van der Waals surface area contributed by atoms with E-state index in [4.69, 9.17) is 12.2 Å². The van der Waals surface area contributed by atoms with E-state index in [9.17, 15) is 4.79 Å². The number of carbonyl (C=O) groups is 1. The molecule has 18 heavy (non-hydrogen) atoms. The van der Waals surface area contributed by atoms with Crippen LogP contribution in [0.4, 0.5) is 0 Å². The van der Waals surface area contributed by atoms with Crippen LogP contribution in [-0.2, 0) is 4.79 Å². The van der Waals surface area contributed by atoms with Gasteiger partial charge in [0.1, 0.15) is 4.32 Å². The number of likely N-dealkylation sites (tertiary alicyclic amines) is 1. The molecule has 2 rings (SSSR count). The van der Waals surface area contributed by atoms with E-state index in [1.54, 1.807) is 4.90 Å². The van der Waals surface area contributed by atoms with Gasteiger partial charge >= 0.3 is 0 Å². The number of thioether (sulfide) groups is 1. The van der Waals surface area contributed by atoms with Gasteiger partial charge in [0.05, 0.1) is 4.91 Å². The average Bonchev–Trinajstić information content (AvgIpc) is 2.52. The normalized spacial score (nSPS) is 31.6. The van der Waals surface area contributed by atoms with Gasteiger partial charge in [-0.05, 0) is 25.2 Å². The summed E-state index contributed by atoms with van der Waals surface area (Å²) in [6.45, 7) is 9.25. The zero-order valence-corrected chi connectivity index (χ0v) is 12.8. The SMILES string of the molecule is CCN1C(=O)/C(=C\N2CC(C)CC(C)C2)SC1=S. The summed E-state index contributed by atoms with van der Waals surface area (Å²) in [5.74, 6) is 1.46. The van der Waals surface area contributed by atoms with Gasteiger partial charge in [0.15, 0.2) is 0 Å². The number of thiocarbonyl (C=S) groups is 1. The maximum Gasteiger partial charge on any atom is 0.267 e. The summed E-state index contributed by atoms with van der Waals surface area (Å²) in [4.78, 5) is 16.8. The molecular formula is C13H20N2OS2. The number of hydrogen-bond donors (Lipinski definition) is 0. The predicted octanol–water partition coefficient (Wildman–Crippen LogP) is 2.69. The topological polar surface area (TPSA) is 23.6 Å². The first kappa shape index (κ1) is 13.9. The second-order valence-electron chi connectivity index (χ2n) is 5.31. The second-order valence-corrected chi connectivity index (χ2v) is 6.99. The quantitative estimate of drug-likeness (QED) is 0.574. The summed E-state index contributed by atoms with van der Waals surface area (Å²) >= 11 is 6.65. The Morgan fingerprint density at radius 2 is 2.00 bits per heavy atom. The Morgan fingerprint density at radius 3 is 2.50 bits per heavy atom. The maximum absolute atomic E-state index is 12.1. The smallest absolute Gasteiger partial charge is 0.267 e. The van der Waals surface area contributed by atoms with Gasteiger partial charge in [-0.1, -0.05) is 37.8 Å². The van der Waals surface area contributed by atoms with Gasteiger partial charge in [-0.3, -0.25) is 9.69 Å². The molecule has 5 heteroatoms. The summed E-state index contributed by atoms with van der Waals surface area (Å²) < 4.78 is 0.687. The van der Waals surface area contributed by atoms with Crippen LogP contribution in [0.2, 0.25) is 0 Å². The molecular weight excluding hydrogens is 264 g/mol. The predicted molar refractivity (Wildman–Crippen MR) is 80.2 cm³/mol. The van der Waals surface area contributed by atoms with E-state index in [0.717, 1.165) is 18.0 Å². The Kier molecular flexibility index (Phi) is 4.33. The number of hydrogen-bond acceptors (Lipinski definition) is 4. The first-order valence-electron chi connectivity index (χ1n) is 6.50. The van der Waals surface area contributed by atoms with Gasteiger partial charge in [-0.15, -0.1) is 0 Å². The molecule has 0 N–H and O–H groups in total. The van der Waals surface area contributed by atoms with Gasteiger partial charge in [0.25, 0.3) is 5.91 Å². The Bertz CT molecular complexity index is 384. The van der Waals surface area contributed by atoms with E-state index >= 15 is 0 Å². The van der Waals surface area contributed by atoms with Crippen molar-refractivity contribution in [2.75, 3.05) is 19.6 Å². The number of piperidine rings is 1. The van der Waals surface area contributed by atoms with Crippen LogP contribution in [0.15, 0.2) is 11.1 Å². The maximum atomic E-state index is 12.1. The van der Waals surface area contributed by atoms with Crippen LogP contribution < -0.4 is 0 Å². The van der Waals surface area contributed by atoms with Crippen LogP contribution in [0.3, 0.4) is 0 Å². The molecule has 0 radical (unpaired) electrons. The summed E-state index contributed by atoms with van der Waals surface area (Å²) in [6.07, 6.45) is 3.29. The molecule has 2 saturated heterocycles. The summed E-state index contributed by atoms with van der Waals surface area (Å²) in [6, 6.07) is 0. The van der Waals surface area contributed by atoms with Gasteiger partial charge in [-0.2, -0.15) is 0 Å². The van der Waals surface area contributed by atoms with Crippen LogP contribution in [0.1, 0.15) is 27.2 Å². The molecule has 0 saturated carbocycles. The van der Waals surface area contributed by atoms with Crippen molar-refractivity contribution < 1.29 is 4.79 Å². The molecule has 2 aliphatic rings. The Labute approximate surface area is 119 Å². The van der Waals surface area contributed by atoms with Crippen LogP contribution in [0.25, 0.3) is 0 Å². The van der Waals surface area contributed by atoms with Crippen molar-refractivity contribution in [1.82, 2.24) is 9.80 Å². The molecule has 0 bridgehead atoms. The highest BCUT2D eigenvalue weighted by molar-refractivity contribution is 8.26. The fraction of sp³-hybridized carbons (Fsp3) is 0.692. The highest BCUT2D eigenvalue weighted by Gasteiger charge is 2.32. The van der Waals surface area contributed by atoms with Crippen LogP contribution >= 0.6 is 24.0 Å². The van der Waals surface area contributed by atoms with Crippen LogP contribution in [0, 0.1) is 11.8 Å². The molecule has 0 spiro atoms. The molecule has 100 valence electrons. The molecule has 1 amide bonds. The fourth-order valence-corrected chi connectivity index (χ4v) is 4.14. The van der Waals surface area contributed by atoms with Gasteiger partial charge in [0, 0.05) is 25.8 Å². The third-order valence-corrected chi connectivity index (χ3v) is 4.75. The third kappa shape index (κ3) is 2.88. The van der Waals surface area contributed by atoms with Gasteiger partial charge in [-0.25, -0.2) is 0 Å².